The molecule has 0 bridgehead atoms. The number of phenolic OH excluding ortho intramolecular Hbond substituents is 1. The Hall–Kier alpha value is -2.37. The molecule has 5 nitrogen and oxygen atoms in total. The Bertz CT molecular complexity index is 614. The molecule has 0 aliphatic carbocycles. The molecular weight excluding hydrogens is 290 g/mol. The van der Waals surface area contributed by atoms with Gasteiger partial charge in [-0.15, -0.1) is 0 Å². The van der Waals surface area contributed by atoms with Gasteiger partial charge in [0.25, 0.3) is 0 Å². The van der Waals surface area contributed by atoms with E-state index in [1.807, 2.05) is 49.3 Å². The van der Waals surface area contributed by atoms with Crippen molar-refractivity contribution in [3.05, 3.63) is 65.7 Å². The summed E-state index contributed by atoms with van der Waals surface area (Å²) in [4.78, 5) is 13.0. The highest BCUT2D eigenvalue weighted by Gasteiger charge is 2.27. The van der Waals surface area contributed by atoms with E-state index >= 15 is 0 Å². The van der Waals surface area contributed by atoms with Gasteiger partial charge in [0.05, 0.1) is 6.54 Å². The zero-order chi connectivity index (χ0) is 16.7. The van der Waals surface area contributed by atoms with Crippen molar-refractivity contribution in [3.8, 4) is 5.75 Å². The summed E-state index contributed by atoms with van der Waals surface area (Å²) in [5.74, 6) is 0.270. The number of nitrogens with zero attached hydrogens (tertiary/aromatic N) is 1. The zero-order valence-electron chi connectivity index (χ0n) is 13.5. The standard InChI is InChI=1S/C10H12N2O2.C8H11N/c1-12-6-9(14)11-10(12)7-2-4-8(13)5-3-7;1-9-7-8-5-3-2-4-6-8/h2-5,10,13H,6H2,1H3,(H,11,14);2-6,9H,7H2,1H3. The smallest absolute Gasteiger partial charge is 0.235 e. The van der Waals surface area contributed by atoms with Crippen molar-refractivity contribution in [1.82, 2.24) is 15.5 Å². The number of nitrogens with one attached hydrogen (secondary N) is 2. The van der Waals surface area contributed by atoms with E-state index in [2.05, 4.69) is 22.8 Å². The van der Waals surface area contributed by atoms with Gasteiger partial charge in [-0.2, -0.15) is 0 Å². The highest BCUT2D eigenvalue weighted by Crippen LogP contribution is 2.21. The number of likely N-dealkylation sites (N-methyl/N-ethyl adjacent to an activating group) is 1. The first-order valence-electron chi connectivity index (χ1n) is 7.57. The molecule has 1 aliphatic heterocycles. The fourth-order valence-electron chi connectivity index (χ4n) is 2.42. The summed E-state index contributed by atoms with van der Waals surface area (Å²) in [7, 11) is 3.84. The van der Waals surface area contributed by atoms with Gasteiger partial charge < -0.3 is 15.7 Å². The van der Waals surface area contributed by atoms with E-state index in [1.54, 1.807) is 12.1 Å². The molecule has 1 fully saturated rings. The number of carbonyl (C=O) groups excluding carboxylic acids is 1. The highest BCUT2D eigenvalue weighted by molar-refractivity contribution is 5.80. The fraction of sp³-hybridized carbons (Fsp3) is 0.278. The van der Waals surface area contributed by atoms with Crippen molar-refractivity contribution in [2.75, 3.05) is 20.6 Å². The van der Waals surface area contributed by atoms with Crippen LogP contribution in [0.2, 0.25) is 0 Å². The molecule has 0 saturated carbocycles. The molecule has 1 atom stereocenters. The summed E-state index contributed by atoms with van der Waals surface area (Å²) in [6, 6.07) is 17.2. The van der Waals surface area contributed by atoms with Gasteiger partial charge in [0.15, 0.2) is 0 Å². The second-order valence-corrected chi connectivity index (χ2v) is 5.49. The van der Waals surface area contributed by atoms with Gasteiger partial charge in [0, 0.05) is 6.54 Å². The van der Waals surface area contributed by atoms with Gasteiger partial charge in [-0.3, -0.25) is 9.69 Å². The van der Waals surface area contributed by atoms with E-state index in [9.17, 15) is 4.79 Å². The molecule has 0 spiro atoms. The van der Waals surface area contributed by atoms with Gasteiger partial charge >= 0.3 is 0 Å². The predicted octanol–water partition coefficient (Wildman–Crippen LogP) is 1.86. The summed E-state index contributed by atoms with van der Waals surface area (Å²) in [5, 5.41) is 15.0. The molecule has 0 radical (unpaired) electrons. The lowest BCUT2D eigenvalue weighted by atomic mass is 10.1. The Morgan fingerprint density at radius 2 is 1.83 bits per heavy atom. The van der Waals surface area contributed by atoms with Gasteiger partial charge in [-0.05, 0) is 37.4 Å². The van der Waals surface area contributed by atoms with E-state index in [-0.39, 0.29) is 17.8 Å². The molecule has 1 unspecified atom stereocenters. The molecular formula is C18H23N3O2. The van der Waals surface area contributed by atoms with E-state index in [1.165, 1.54) is 5.56 Å². The van der Waals surface area contributed by atoms with Crippen LogP contribution in [0.15, 0.2) is 54.6 Å². The molecule has 3 rings (SSSR count). The van der Waals surface area contributed by atoms with Crippen molar-refractivity contribution < 1.29 is 9.90 Å². The number of phenols is 1. The molecule has 2 aromatic rings. The minimum absolute atomic E-state index is 0.0329. The molecule has 5 heteroatoms. The second kappa shape index (κ2) is 8.31. The number of amides is 1. The van der Waals surface area contributed by atoms with Crippen molar-refractivity contribution in [2.24, 2.45) is 0 Å². The van der Waals surface area contributed by atoms with Crippen LogP contribution in [-0.4, -0.2) is 36.6 Å². The lowest BCUT2D eigenvalue weighted by molar-refractivity contribution is -0.118. The van der Waals surface area contributed by atoms with Crippen LogP contribution in [-0.2, 0) is 11.3 Å². The first kappa shape index (κ1) is 17.0. The SMILES string of the molecule is CN1CC(=O)NC1c1ccc(O)cc1.CNCc1ccccc1. The summed E-state index contributed by atoms with van der Waals surface area (Å²) in [6.45, 7) is 1.38. The molecule has 1 amide bonds. The summed E-state index contributed by atoms with van der Waals surface area (Å²) < 4.78 is 0. The first-order valence-corrected chi connectivity index (χ1v) is 7.57. The van der Waals surface area contributed by atoms with E-state index in [0.29, 0.717) is 6.54 Å². The Labute approximate surface area is 136 Å². The lowest BCUT2D eigenvalue weighted by Crippen LogP contribution is -2.24. The van der Waals surface area contributed by atoms with Gasteiger partial charge in [0.1, 0.15) is 11.9 Å². The summed E-state index contributed by atoms with van der Waals surface area (Å²) in [5.41, 5.74) is 2.32. The topological polar surface area (TPSA) is 64.6 Å². The quantitative estimate of drug-likeness (QED) is 0.809. The van der Waals surface area contributed by atoms with E-state index in [0.717, 1.165) is 12.1 Å². The molecule has 0 aromatic heterocycles. The average Bonchev–Trinajstić information content (AvgIpc) is 2.89. The van der Waals surface area contributed by atoms with E-state index in [4.69, 9.17) is 5.11 Å². The molecule has 2 aromatic carbocycles. The Kier molecular flexibility index (Phi) is 6.14. The van der Waals surface area contributed by atoms with Crippen LogP contribution in [0.3, 0.4) is 0 Å². The fourth-order valence-corrected chi connectivity index (χ4v) is 2.42. The van der Waals surface area contributed by atoms with Gasteiger partial charge in [0.2, 0.25) is 5.91 Å². The molecule has 3 N–H and O–H groups in total. The third kappa shape index (κ3) is 5.09. The van der Waals surface area contributed by atoms with Crippen molar-refractivity contribution in [1.29, 1.82) is 0 Å². The van der Waals surface area contributed by atoms with Crippen LogP contribution in [0.25, 0.3) is 0 Å². The largest absolute Gasteiger partial charge is 0.508 e. The maximum absolute atomic E-state index is 11.1. The van der Waals surface area contributed by atoms with Crippen LogP contribution >= 0.6 is 0 Å². The number of benzene rings is 2. The lowest BCUT2D eigenvalue weighted by Gasteiger charge is -2.18. The third-order valence-corrected chi connectivity index (χ3v) is 3.56. The van der Waals surface area contributed by atoms with Crippen LogP contribution in [0.1, 0.15) is 17.3 Å². The van der Waals surface area contributed by atoms with Gasteiger partial charge in [-0.1, -0.05) is 42.5 Å². The van der Waals surface area contributed by atoms with E-state index < -0.39 is 0 Å². The Morgan fingerprint density at radius 3 is 2.35 bits per heavy atom. The zero-order valence-corrected chi connectivity index (χ0v) is 13.5. The first-order chi connectivity index (χ1) is 11.1. The van der Waals surface area contributed by atoms with Crippen LogP contribution in [0, 0.1) is 0 Å². The number of hydrogen-bond acceptors (Lipinski definition) is 4. The molecule has 23 heavy (non-hydrogen) atoms. The summed E-state index contributed by atoms with van der Waals surface area (Å²) in [6.07, 6.45) is -0.0666. The number of rotatable bonds is 3. The van der Waals surface area contributed by atoms with Gasteiger partial charge in [-0.25, -0.2) is 0 Å². The molecule has 1 aliphatic rings. The number of carbonyl (C=O) groups is 1. The maximum atomic E-state index is 11.1. The number of aromatic hydroxyl groups is 1. The van der Waals surface area contributed by atoms with Crippen LogP contribution in [0.4, 0.5) is 0 Å². The number of hydrogen-bond donors (Lipinski definition) is 3. The maximum Gasteiger partial charge on any atom is 0.235 e. The molecule has 122 valence electrons. The normalized spacial score (nSPS) is 17.3. The minimum Gasteiger partial charge on any atom is -0.508 e. The molecule has 1 heterocycles. The average molecular weight is 313 g/mol. The molecule has 1 saturated heterocycles. The van der Waals surface area contributed by atoms with Crippen molar-refractivity contribution in [3.63, 3.8) is 0 Å². The second-order valence-electron chi connectivity index (χ2n) is 5.49. The highest BCUT2D eigenvalue weighted by atomic mass is 16.3. The van der Waals surface area contributed by atoms with Crippen LogP contribution in [0.5, 0.6) is 5.75 Å². The summed E-state index contributed by atoms with van der Waals surface area (Å²) >= 11 is 0. The predicted molar refractivity (Wildman–Crippen MR) is 90.8 cm³/mol. The monoisotopic (exact) mass is 313 g/mol. The van der Waals surface area contributed by atoms with Crippen molar-refractivity contribution >= 4 is 5.91 Å². The minimum atomic E-state index is -0.0666. The Balaban J connectivity index is 0.000000185. The third-order valence-electron chi connectivity index (χ3n) is 3.56. The Morgan fingerprint density at radius 1 is 1.17 bits per heavy atom. The van der Waals surface area contributed by atoms with Crippen molar-refractivity contribution in [2.45, 2.75) is 12.7 Å². The van der Waals surface area contributed by atoms with Crippen LogP contribution < -0.4 is 10.6 Å².